The summed E-state index contributed by atoms with van der Waals surface area (Å²) in [4.78, 5) is 20.6. The maximum absolute atomic E-state index is 10.9. The van der Waals surface area contributed by atoms with Gasteiger partial charge in [-0.3, -0.25) is 9.69 Å². The maximum atomic E-state index is 10.9. The second-order valence-corrected chi connectivity index (χ2v) is 4.73. The molecule has 2 heterocycles. The predicted octanol–water partition coefficient (Wildman–Crippen LogP) is 0.642. The molecule has 6 nitrogen and oxygen atoms in total. The van der Waals surface area contributed by atoms with Crippen LogP contribution in [0.3, 0.4) is 0 Å². The van der Waals surface area contributed by atoms with E-state index < -0.39 is 12.0 Å². The van der Waals surface area contributed by atoms with Gasteiger partial charge in [-0.15, -0.1) is 0 Å². The Kier molecular flexibility index (Phi) is 4.34. The summed E-state index contributed by atoms with van der Waals surface area (Å²) < 4.78 is 0. The van der Waals surface area contributed by atoms with Gasteiger partial charge in [0.25, 0.3) is 0 Å². The van der Waals surface area contributed by atoms with E-state index in [0.717, 1.165) is 12.1 Å². The average molecular weight is 291 g/mol. The molecule has 1 aliphatic heterocycles. The highest BCUT2D eigenvalue weighted by molar-refractivity contribution is 6.32. The van der Waals surface area contributed by atoms with Crippen molar-refractivity contribution in [1.29, 1.82) is 0 Å². The molecule has 0 spiro atoms. The third-order valence-electron chi connectivity index (χ3n) is 2.73. The standard InChI is InChI=1S/C10H12Cl2N4O2/c11-8-6(3-14-10(12)15-8)4-16-2-1-13-7(5-16)9(17)18/h3,7,13H,1-2,4-5H2,(H,17,18)/t7-/m0/s1. The summed E-state index contributed by atoms with van der Waals surface area (Å²) in [5, 5.41) is 12.3. The van der Waals surface area contributed by atoms with Crippen LogP contribution in [0.1, 0.15) is 5.56 Å². The molecule has 0 bridgehead atoms. The summed E-state index contributed by atoms with van der Waals surface area (Å²) in [5.41, 5.74) is 0.743. The van der Waals surface area contributed by atoms with E-state index in [4.69, 9.17) is 28.3 Å². The SMILES string of the molecule is O=C(O)[C@@H]1CN(Cc2cnc(Cl)nc2Cl)CCN1. The molecule has 0 aromatic carbocycles. The molecule has 0 amide bonds. The molecule has 2 N–H and O–H groups in total. The minimum atomic E-state index is -0.849. The van der Waals surface area contributed by atoms with Crippen molar-refractivity contribution in [3.63, 3.8) is 0 Å². The van der Waals surface area contributed by atoms with Crippen molar-refractivity contribution in [2.45, 2.75) is 12.6 Å². The summed E-state index contributed by atoms with van der Waals surface area (Å²) >= 11 is 11.6. The Hall–Kier alpha value is -0.950. The lowest BCUT2D eigenvalue weighted by atomic mass is 10.2. The molecule has 1 aliphatic rings. The number of aromatic nitrogens is 2. The van der Waals surface area contributed by atoms with Crippen molar-refractivity contribution in [3.8, 4) is 0 Å². The highest BCUT2D eigenvalue weighted by Crippen LogP contribution is 2.17. The molecule has 1 saturated heterocycles. The van der Waals surface area contributed by atoms with Gasteiger partial charge in [0.05, 0.1) is 0 Å². The van der Waals surface area contributed by atoms with E-state index in [0.29, 0.717) is 24.8 Å². The van der Waals surface area contributed by atoms with Gasteiger partial charge < -0.3 is 10.4 Å². The van der Waals surface area contributed by atoms with Crippen molar-refractivity contribution in [1.82, 2.24) is 20.2 Å². The molecule has 1 aromatic rings. The Balaban J connectivity index is 2.02. The van der Waals surface area contributed by atoms with E-state index in [2.05, 4.69) is 15.3 Å². The molecule has 98 valence electrons. The van der Waals surface area contributed by atoms with Crippen LogP contribution in [0.2, 0.25) is 10.4 Å². The van der Waals surface area contributed by atoms with Gasteiger partial charge in [-0.25, -0.2) is 9.97 Å². The zero-order valence-corrected chi connectivity index (χ0v) is 10.9. The number of aliphatic carboxylic acids is 1. The Labute approximate surface area is 114 Å². The number of hydrogen-bond donors (Lipinski definition) is 2. The first-order valence-corrected chi connectivity index (χ1v) is 6.17. The van der Waals surface area contributed by atoms with Gasteiger partial charge in [0.15, 0.2) is 0 Å². The molecule has 2 rings (SSSR count). The van der Waals surface area contributed by atoms with Gasteiger partial charge in [-0.05, 0) is 11.6 Å². The van der Waals surface area contributed by atoms with Crippen molar-refractivity contribution >= 4 is 29.2 Å². The third-order valence-corrected chi connectivity index (χ3v) is 3.24. The average Bonchev–Trinajstić information content (AvgIpc) is 2.33. The van der Waals surface area contributed by atoms with Gasteiger partial charge in [-0.2, -0.15) is 0 Å². The minimum absolute atomic E-state index is 0.104. The molecule has 1 fully saturated rings. The van der Waals surface area contributed by atoms with Crippen molar-refractivity contribution in [2.75, 3.05) is 19.6 Å². The van der Waals surface area contributed by atoms with Crippen molar-refractivity contribution in [2.24, 2.45) is 0 Å². The van der Waals surface area contributed by atoms with E-state index in [1.165, 1.54) is 0 Å². The normalized spacial score (nSPS) is 20.9. The van der Waals surface area contributed by atoms with Gasteiger partial charge in [0.1, 0.15) is 11.2 Å². The number of nitrogens with one attached hydrogen (secondary N) is 1. The molecule has 18 heavy (non-hydrogen) atoms. The van der Waals surface area contributed by atoms with Gasteiger partial charge in [-0.1, -0.05) is 11.6 Å². The minimum Gasteiger partial charge on any atom is -0.480 e. The lowest BCUT2D eigenvalue weighted by Crippen LogP contribution is -2.53. The fourth-order valence-electron chi connectivity index (χ4n) is 1.83. The van der Waals surface area contributed by atoms with Gasteiger partial charge in [0, 0.05) is 37.9 Å². The fraction of sp³-hybridized carbons (Fsp3) is 0.500. The van der Waals surface area contributed by atoms with E-state index in [1.54, 1.807) is 6.20 Å². The van der Waals surface area contributed by atoms with E-state index in [9.17, 15) is 4.79 Å². The number of carboxylic acid groups (broad SMARTS) is 1. The molecular formula is C10H12Cl2N4O2. The van der Waals surface area contributed by atoms with Gasteiger partial charge in [0.2, 0.25) is 5.28 Å². The molecule has 0 radical (unpaired) electrons. The van der Waals surface area contributed by atoms with E-state index in [1.807, 2.05) is 4.90 Å². The molecule has 0 saturated carbocycles. The smallest absolute Gasteiger partial charge is 0.322 e. The lowest BCUT2D eigenvalue weighted by molar-refractivity contribution is -0.140. The lowest BCUT2D eigenvalue weighted by Gasteiger charge is -2.31. The van der Waals surface area contributed by atoms with Crippen LogP contribution in [-0.2, 0) is 11.3 Å². The first-order chi connectivity index (χ1) is 8.56. The Morgan fingerprint density at radius 3 is 3.06 bits per heavy atom. The summed E-state index contributed by atoms with van der Waals surface area (Å²) in [6.07, 6.45) is 1.56. The number of rotatable bonds is 3. The van der Waals surface area contributed by atoms with Crippen LogP contribution < -0.4 is 5.32 Å². The number of carboxylic acids is 1. The second-order valence-electron chi connectivity index (χ2n) is 4.04. The Morgan fingerprint density at radius 1 is 1.61 bits per heavy atom. The number of hydrogen-bond acceptors (Lipinski definition) is 5. The monoisotopic (exact) mass is 290 g/mol. The van der Waals surface area contributed by atoms with Crippen LogP contribution >= 0.6 is 23.2 Å². The molecule has 1 atom stereocenters. The fourth-order valence-corrected chi connectivity index (χ4v) is 2.20. The molecular weight excluding hydrogens is 279 g/mol. The zero-order chi connectivity index (χ0) is 13.1. The summed E-state index contributed by atoms with van der Waals surface area (Å²) in [6.45, 7) is 2.32. The zero-order valence-electron chi connectivity index (χ0n) is 9.44. The molecule has 0 unspecified atom stereocenters. The van der Waals surface area contributed by atoms with Crippen LogP contribution in [0.5, 0.6) is 0 Å². The Morgan fingerprint density at radius 2 is 2.39 bits per heavy atom. The number of halogens is 2. The maximum Gasteiger partial charge on any atom is 0.322 e. The first-order valence-electron chi connectivity index (χ1n) is 5.41. The van der Waals surface area contributed by atoms with Crippen LogP contribution in [0, 0.1) is 0 Å². The van der Waals surface area contributed by atoms with Gasteiger partial charge >= 0.3 is 5.97 Å². The predicted molar refractivity (Wildman–Crippen MR) is 66.8 cm³/mol. The van der Waals surface area contributed by atoms with Crippen LogP contribution in [0.25, 0.3) is 0 Å². The van der Waals surface area contributed by atoms with Crippen LogP contribution in [0.15, 0.2) is 6.20 Å². The van der Waals surface area contributed by atoms with Crippen molar-refractivity contribution < 1.29 is 9.90 Å². The quantitative estimate of drug-likeness (QED) is 0.628. The number of carbonyl (C=O) groups is 1. The first kappa shape index (κ1) is 13.5. The molecule has 0 aliphatic carbocycles. The summed E-state index contributed by atoms with van der Waals surface area (Å²) in [7, 11) is 0. The highest BCUT2D eigenvalue weighted by Gasteiger charge is 2.25. The van der Waals surface area contributed by atoms with Crippen molar-refractivity contribution in [3.05, 3.63) is 22.2 Å². The Bertz CT molecular complexity index is 458. The van der Waals surface area contributed by atoms with E-state index in [-0.39, 0.29) is 5.28 Å². The molecule has 1 aromatic heterocycles. The molecule has 8 heteroatoms. The van der Waals surface area contributed by atoms with Crippen LogP contribution in [0.4, 0.5) is 0 Å². The van der Waals surface area contributed by atoms with E-state index >= 15 is 0 Å². The largest absolute Gasteiger partial charge is 0.480 e. The summed E-state index contributed by atoms with van der Waals surface area (Å²) in [6, 6.07) is -0.550. The second kappa shape index (κ2) is 5.79. The number of piperazine rings is 1. The van der Waals surface area contributed by atoms with Crippen LogP contribution in [-0.4, -0.2) is 51.6 Å². The summed E-state index contributed by atoms with van der Waals surface area (Å²) in [5.74, 6) is -0.849. The number of nitrogens with zero attached hydrogens (tertiary/aromatic N) is 3. The topological polar surface area (TPSA) is 78.3 Å². The highest BCUT2D eigenvalue weighted by atomic mass is 35.5. The third kappa shape index (κ3) is 3.29.